The molecule has 0 fully saturated rings. The first-order valence-electron chi connectivity index (χ1n) is 10.8. The first-order chi connectivity index (χ1) is 16.2. The minimum Gasteiger partial charge on any atom is -0.493 e. The predicted octanol–water partition coefficient (Wildman–Crippen LogP) is 6.21. The van der Waals surface area contributed by atoms with Gasteiger partial charge in [-0.25, -0.2) is 4.79 Å². The number of amides is 2. The van der Waals surface area contributed by atoms with Crippen LogP contribution in [0.15, 0.2) is 60.7 Å². The molecule has 178 valence electrons. The largest absolute Gasteiger partial charge is 0.493 e. The number of urea groups is 1. The van der Waals surface area contributed by atoms with Crippen molar-refractivity contribution in [3.63, 3.8) is 0 Å². The van der Waals surface area contributed by atoms with Gasteiger partial charge in [0.05, 0.1) is 25.8 Å². The van der Waals surface area contributed by atoms with E-state index in [4.69, 9.17) is 9.47 Å². The second kappa shape index (κ2) is 9.29. The van der Waals surface area contributed by atoms with E-state index in [1.165, 1.54) is 20.3 Å². The van der Waals surface area contributed by atoms with E-state index in [9.17, 15) is 18.0 Å². The van der Waals surface area contributed by atoms with Gasteiger partial charge in [-0.2, -0.15) is 13.2 Å². The molecule has 4 rings (SSSR count). The van der Waals surface area contributed by atoms with E-state index in [2.05, 4.69) is 5.32 Å². The number of hydrogen-bond donors (Lipinski definition) is 1. The number of carbonyl (C=O) groups is 1. The summed E-state index contributed by atoms with van der Waals surface area (Å²) in [6, 6.07) is 14.9. The molecule has 1 aliphatic heterocycles. The number of rotatable bonds is 4. The van der Waals surface area contributed by atoms with Crippen LogP contribution >= 0.6 is 0 Å². The molecule has 2 amide bonds. The van der Waals surface area contributed by atoms with Gasteiger partial charge in [0.1, 0.15) is 0 Å². The highest BCUT2D eigenvalue weighted by atomic mass is 19.4. The lowest BCUT2D eigenvalue weighted by molar-refractivity contribution is -0.137. The summed E-state index contributed by atoms with van der Waals surface area (Å²) in [6.45, 7) is 2.26. The Hall–Kier alpha value is -3.68. The Balaban J connectivity index is 1.80. The molecule has 8 heteroatoms. The lowest BCUT2D eigenvalue weighted by atomic mass is 9.87. The maximum Gasteiger partial charge on any atom is 0.416 e. The fourth-order valence-electron chi connectivity index (χ4n) is 4.24. The molecular formula is C26H25F3N2O3. The summed E-state index contributed by atoms with van der Waals surface area (Å²) >= 11 is 0. The van der Waals surface area contributed by atoms with Crippen LogP contribution in [0, 0.1) is 6.92 Å². The Labute approximate surface area is 196 Å². The summed E-state index contributed by atoms with van der Waals surface area (Å²) in [4.78, 5) is 14.9. The van der Waals surface area contributed by atoms with Gasteiger partial charge in [-0.05, 0) is 66.4 Å². The summed E-state index contributed by atoms with van der Waals surface area (Å²) in [5.41, 5.74) is 2.84. The second-order valence-corrected chi connectivity index (χ2v) is 8.17. The highest BCUT2D eigenvalue weighted by Gasteiger charge is 2.36. The van der Waals surface area contributed by atoms with Crippen molar-refractivity contribution < 1.29 is 27.4 Å². The van der Waals surface area contributed by atoms with Gasteiger partial charge in [0.15, 0.2) is 11.5 Å². The zero-order chi connectivity index (χ0) is 24.5. The van der Waals surface area contributed by atoms with Crippen molar-refractivity contribution in [1.29, 1.82) is 0 Å². The van der Waals surface area contributed by atoms with E-state index in [1.807, 2.05) is 25.1 Å². The smallest absolute Gasteiger partial charge is 0.416 e. The minimum atomic E-state index is -4.50. The SMILES string of the molecule is COc1cc2c(cc1OC)[C@@H](c1cccc(C(F)(F)F)c1)N(C(=O)Nc1ccc(C)cc1)CC2. The molecule has 0 saturated carbocycles. The van der Waals surface area contributed by atoms with Crippen LogP contribution in [-0.4, -0.2) is 31.7 Å². The molecule has 0 spiro atoms. The highest BCUT2D eigenvalue weighted by molar-refractivity contribution is 5.90. The number of alkyl halides is 3. The Bertz CT molecular complexity index is 1190. The molecule has 1 aliphatic rings. The Morgan fingerprint density at radius 1 is 1.00 bits per heavy atom. The number of ether oxygens (including phenoxy) is 2. The zero-order valence-corrected chi connectivity index (χ0v) is 19.1. The van der Waals surface area contributed by atoms with Crippen LogP contribution in [0.4, 0.5) is 23.7 Å². The number of nitrogens with one attached hydrogen (secondary N) is 1. The molecule has 3 aromatic carbocycles. The number of hydrogen-bond acceptors (Lipinski definition) is 3. The van der Waals surface area contributed by atoms with Crippen molar-refractivity contribution in [2.24, 2.45) is 0 Å². The van der Waals surface area contributed by atoms with E-state index in [1.54, 1.807) is 29.2 Å². The van der Waals surface area contributed by atoms with E-state index in [-0.39, 0.29) is 0 Å². The molecule has 34 heavy (non-hydrogen) atoms. The molecule has 0 saturated heterocycles. The van der Waals surface area contributed by atoms with Crippen LogP contribution in [0.25, 0.3) is 0 Å². The van der Waals surface area contributed by atoms with Gasteiger partial charge in [-0.15, -0.1) is 0 Å². The molecular weight excluding hydrogens is 445 g/mol. The van der Waals surface area contributed by atoms with Crippen molar-refractivity contribution in [1.82, 2.24) is 4.90 Å². The fourth-order valence-corrected chi connectivity index (χ4v) is 4.24. The van der Waals surface area contributed by atoms with Gasteiger partial charge in [0, 0.05) is 12.2 Å². The molecule has 1 N–H and O–H groups in total. The van der Waals surface area contributed by atoms with Crippen LogP contribution in [0.1, 0.15) is 33.9 Å². The number of nitrogens with zero attached hydrogens (tertiary/aromatic N) is 1. The lowest BCUT2D eigenvalue weighted by Gasteiger charge is -2.38. The number of halogens is 3. The standard InChI is InChI=1S/C26H25F3N2O3/c1-16-7-9-20(10-8-16)30-25(32)31-12-11-17-14-22(33-2)23(34-3)15-21(17)24(31)18-5-4-6-19(13-18)26(27,28)29/h4-10,13-15,24H,11-12H2,1-3H3,(H,30,32)/t24-/m1/s1. The van der Waals surface area contributed by atoms with Crippen LogP contribution in [0.3, 0.4) is 0 Å². The molecule has 3 aromatic rings. The number of fused-ring (bicyclic) bond motifs is 1. The van der Waals surface area contributed by atoms with Crippen LogP contribution in [0.5, 0.6) is 11.5 Å². The Kier molecular flexibility index (Phi) is 6.41. The average Bonchev–Trinajstić information content (AvgIpc) is 2.83. The Morgan fingerprint density at radius 2 is 1.68 bits per heavy atom. The topological polar surface area (TPSA) is 50.8 Å². The van der Waals surface area contributed by atoms with Gasteiger partial charge >= 0.3 is 12.2 Å². The number of anilines is 1. The summed E-state index contributed by atoms with van der Waals surface area (Å²) in [6.07, 6.45) is -3.98. The molecule has 0 aromatic heterocycles. The van der Waals surface area contributed by atoms with Gasteiger partial charge in [0.25, 0.3) is 0 Å². The number of aryl methyl sites for hydroxylation is 1. The first kappa shape index (κ1) is 23.5. The Morgan fingerprint density at radius 3 is 2.32 bits per heavy atom. The van der Waals surface area contributed by atoms with E-state index >= 15 is 0 Å². The molecule has 5 nitrogen and oxygen atoms in total. The van der Waals surface area contributed by atoms with E-state index < -0.39 is 23.8 Å². The monoisotopic (exact) mass is 470 g/mol. The fraction of sp³-hybridized carbons (Fsp3) is 0.269. The van der Waals surface area contributed by atoms with E-state index in [0.717, 1.165) is 23.3 Å². The molecule has 0 unspecified atom stereocenters. The molecule has 1 heterocycles. The second-order valence-electron chi connectivity index (χ2n) is 8.17. The number of methoxy groups -OCH3 is 2. The third kappa shape index (κ3) is 4.66. The molecule has 0 aliphatic carbocycles. The van der Waals surface area contributed by atoms with Crippen molar-refractivity contribution in [2.75, 3.05) is 26.1 Å². The molecule has 0 radical (unpaired) electrons. The van der Waals surface area contributed by atoms with Crippen molar-refractivity contribution in [3.8, 4) is 11.5 Å². The zero-order valence-electron chi connectivity index (χ0n) is 19.1. The van der Waals surface area contributed by atoms with E-state index in [0.29, 0.717) is 41.3 Å². The van der Waals surface area contributed by atoms with Crippen LogP contribution in [0.2, 0.25) is 0 Å². The summed E-state index contributed by atoms with van der Waals surface area (Å²) in [7, 11) is 3.02. The van der Waals surface area contributed by atoms with Crippen LogP contribution < -0.4 is 14.8 Å². The van der Waals surface area contributed by atoms with Gasteiger partial charge < -0.3 is 19.7 Å². The predicted molar refractivity (Wildman–Crippen MR) is 123 cm³/mol. The highest BCUT2D eigenvalue weighted by Crippen LogP contribution is 2.42. The maximum atomic E-state index is 13.5. The van der Waals surface area contributed by atoms with Crippen molar-refractivity contribution in [3.05, 3.63) is 88.5 Å². The van der Waals surface area contributed by atoms with Gasteiger partial charge in [-0.1, -0.05) is 29.8 Å². The van der Waals surface area contributed by atoms with Crippen molar-refractivity contribution in [2.45, 2.75) is 25.6 Å². The third-order valence-corrected chi connectivity index (χ3v) is 5.97. The maximum absolute atomic E-state index is 13.5. The normalized spacial score (nSPS) is 15.5. The summed E-state index contributed by atoms with van der Waals surface area (Å²) in [5, 5.41) is 2.87. The van der Waals surface area contributed by atoms with Gasteiger partial charge in [0.2, 0.25) is 0 Å². The summed E-state index contributed by atoms with van der Waals surface area (Å²) < 4.78 is 51.3. The average molecular weight is 470 g/mol. The summed E-state index contributed by atoms with van der Waals surface area (Å²) in [5.74, 6) is 0.973. The third-order valence-electron chi connectivity index (χ3n) is 5.97. The number of benzene rings is 3. The first-order valence-corrected chi connectivity index (χ1v) is 10.8. The molecule has 0 bridgehead atoms. The lowest BCUT2D eigenvalue weighted by Crippen LogP contribution is -2.43. The van der Waals surface area contributed by atoms with Crippen LogP contribution in [-0.2, 0) is 12.6 Å². The minimum absolute atomic E-state index is 0.321. The molecule has 1 atom stereocenters. The van der Waals surface area contributed by atoms with Gasteiger partial charge in [-0.3, -0.25) is 0 Å². The van der Waals surface area contributed by atoms with Crippen molar-refractivity contribution >= 4 is 11.7 Å². The number of carbonyl (C=O) groups excluding carboxylic acids is 1. The quantitative estimate of drug-likeness (QED) is 0.493.